The Bertz CT molecular complexity index is 454. The Morgan fingerprint density at radius 3 is 2.41 bits per heavy atom. The second-order valence-corrected chi connectivity index (χ2v) is 4.92. The van der Waals surface area contributed by atoms with Crippen LogP contribution in [0.25, 0.3) is 0 Å². The second kappa shape index (κ2) is 4.49. The van der Waals surface area contributed by atoms with E-state index in [1.54, 1.807) is 0 Å². The van der Waals surface area contributed by atoms with E-state index >= 15 is 0 Å². The number of benzene rings is 1. The highest BCUT2D eigenvalue weighted by Crippen LogP contribution is 2.27. The third kappa shape index (κ3) is 2.20. The summed E-state index contributed by atoms with van der Waals surface area (Å²) in [6.07, 6.45) is 0.600. The van der Waals surface area contributed by atoms with Gasteiger partial charge in [0.15, 0.2) is 0 Å². The van der Waals surface area contributed by atoms with Gasteiger partial charge in [0.25, 0.3) is 0 Å². The maximum atomic E-state index is 12.0. The number of rotatable bonds is 2. The summed E-state index contributed by atoms with van der Waals surface area (Å²) in [5, 5.41) is 3.18. The van der Waals surface area contributed by atoms with Crippen molar-refractivity contribution >= 4 is 11.6 Å². The van der Waals surface area contributed by atoms with Crippen molar-refractivity contribution in [3.8, 4) is 0 Å². The molecule has 0 aromatic heterocycles. The maximum absolute atomic E-state index is 12.0. The first-order chi connectivity index (χ1) is 8.02. The Morgan fingerprint density at radius 1 is 1.18 bits per heavy atom. The molecule has 3 heteroatoms. The van der Waals surface area contributed by atoms with Crippen LogP contribution in [0.3, 0.4) is 0 Å². The fraction of sp³-hybridized carbons (Fsp3) is 0.500. The first kappa shape index (κ1) is 12.1. The summed E-state index contributed by atoms with van der Waals surface area (Å²) in [6.45, 7) is 7.04. The summed E-state index contributed by atoms with van der Waals surface area (Å²) < 4.78 is 0. The Hall–Kier alpha value is -1.35. The molecule has 3 nitrogen and oxygen atoms in total. The van der Waals surface area contributed by atoms with Crippen LogP contribution in [0.4, 0.5) is 5.69 Å². The zero-order chi connectivity index (χ0) is 12.6. The van der Waals surface area contributed by atoms with Gasteiger partial charge >= 0.3 is 0 Å². The number of aryl methyl sites for hydroxylation is 3. The minimum Gasteiger partial charge on any atom is -0.315 e. The Labute approximate surface area is 103 Å². The van der Waals surface area contributed by atoms with Gasteiger partial charge in [0, 0.05) is 24.7 Å². The quantitative estimate of drug-likeness (QED) is 0.845. The molecule has 1 aliphatic heterocycles. The lowest BCUT2D eigenvalue weighted by Gasteiger charge is -2.20. The van der Waals surface area contributed by atoms with E-state index in [0.717, 1.165) is 12.2 Å². The fourth-order valence-corrected chi connectivity index (χ4v) is 2.37. The van der Waals surface area contributed by atoms with Crippen LogP contribution in [0.15, 0.2) is 12.1 Å². The zero-order valence-corrected chi connectivity index (χ0v) is 11.0. The van der Waals surface area contributed by atoms with E-state index in [4.69, 9.17) is 0 Å². The number of nitrogens with zero attached hydrogens (tertiary/aromatic N) is 1. The van der Waals surface area contributed by atoms with Crippen molar-refractivity contribution < 1.29 is 4.79 Å². The molecule has 0 aliphatic carbocycles. The maximum Gasteiger partial charge on any atom is 0.228 e. The minimum atomic E-state index is 0.218. The van der Waals surface area contributed by atoms with Crippen LogP contribution < -0.4 is 10.2 Å². The van der Waals surface area contributed by atoms with E-state index in [2.05, 4.69) is 38.2 Å². The first-order valence-electron chi connectivity index (χ1n) is 6.08. The molecule has 0 saturated carbocycles. The highest BCUT2D eigenvalue weighted by molar-refractivity contribution is 5.97. The third-order valence-electron chi connectivity index (χ3n) is 3.64. The predicted molar refractivity (Wildman–Crippen MR) is 70.5 cm³/mol. The number of carbonyl (C=O) groups is 1. The molecule has 1 N–H and O–H groups in total. The largest absolute Gasteiger partial charge is 0.315 e. The topological polar surface area (TPSA) is 32.3 Å². The standard InChI is InChI=1S/C14H20N2O/c1-9-5-11(3)13(6-10(9)2)16-8-12(15-4)7-14(16)17/h5-6,12,15H,7-8H2,1-4H3. The molecule has 1 fully saturated rings. The molecule has 1 aliphatic rings. The third-order valence-corrected chi connectivity index (χ3v) is 3.64. The number of carbonyl (C=O) groups excluding carboxylic acids is 1. The number of amides is 1. The number of likely N-dealkylation sites (N-methyl/N-ethyl adjacent to an activating group) is 1. The summed E-state index contributed by atoms with van der Waals surface area (Å²) in [5.74, 6) is 0.218. The lowest BCUT2D eigenvalue weighted by Crippen LogP contribution is -2.30. The highest BCUT2D eigenvalue weighted by Gasteiger charge is 2.30. The van der Waals surface area contributed by atoms with Gasteiger partial charge in [-0.2, -0.15) is 0 Å². The molecule has 1 amide bonds. The normalized spacial score (nSPS) is 20.1. The van der Waals surface area contributed by atoms with Crippen molar-refractivity contribution in [3.05, 3.63) is 28.8 Å². The summed E-state index contributed by atoms with van der Waals surface area (Å²) in [7, 11) is 1.91. The van der Waals surface area contributed by atoms with Crippen LogP contribution in [-0.4, -0.2) is 25.5 Å². The van der Waals surface area contributed by atoms with E-state index in [1.807, 2.05) is 11.9 Å². The Balaban J connectivity index is 2.35. The fourth-order valence-electron chi connectivity index (χ4n) is 2.37. The van der Waals surface area contributed by atoms with Gasteiger partial charge in [-0.3, -0.25) is 4.79 Å². The van der Waals surface area contributed by atoms with Gasteiger partial charge in [-0.25, -0.2) is 0 Å². The summed E-state index contributed by atoms with van der Waals surface area (Å²) in [4.78, 5) is 13.9. The molecule has 2 rings (SSSR count). The average molecular weight is 232 g/mol. The Morgan fingerprint density at radius 2 is 1.82 bits per heavy atom. The summed E-state index contributed by atoms with van der Waals surface area (Å²) in [6, 6.07) is 4.56. The van der Waals surface area contributed by atoms with Crippen LogP contribution in [-0.2, 0) is 4.79 Å². The van der Waals surface area contributed by atoms with Gasteiger partial charge in [0.2, 0.25) is 5.91 Å². The summed E-state index contributed by atoms with van der Waals surface area (Å²) >= 11 is 0. The lowest BCUT2D eigenvalue weighted by atomic mass is 10.0. The zero-order valence-electron chi connectivity index (χ0n) is 11.0. The molecule has 1 atom stereocenters. The average Bonchev–Trinajstić information content (AvgIpc) is 2.65. The molecule has 92 valence electrons. The van der Waals surface area contributed by atoms with Gasteiger partial charge in [0.1, 0.15) is 0 Å². The van der Waals surface area contributed by atoms with Crippen LogP contribution in [0, 0.1) is 20.8 Å². The van der Waals surface area contributed by atoms with E-state index < -0.39 is 0 Å². The lowest BCUT2D eigenvalue weighted by molar-refractivity contribution is -0.117. The minimum absolute atomic E-state index is 0.218. The van der Waals surface area contributed by atoms with Crippen molar-refractivity contribution in [2.24, 2.45) is 0 Å². The molecular formula is C14H20N2O. The van der Waals surface area contributed by atoms with Crippen molar-refractivity contribution in [2.45, 2.75) is 33.2 Å². The van der Waals surface area contributed by atoms with Crippen molar-refractivity contribution in [1.82, 2.24) is 5.32 Å². The molecule has 1 aromatic carbocycles. The monoisotopic (exact) mass is 232 g/mol. The van der Waals surface area contributed by atoms with Crippen molar-refractivity contribution in [1.29, 1.82) is 0 Å². The number of hydrogen-bond donors (Lipinski definition) is 1. The van der Waals surface area contributed by atoms with Crippen LogP contribution >= 0.6 is 0 Å². The van der Waals surface area contributed by atoms with E-state index in [-0.39, 0.29) is 11.9 Å². The van der Waals surface area contributed by atoms with Crippen molar-refractivity contribution in [2.75, 3.05) is 18.5 Å². The Kier molecular flexibility index (Phi) is 3.20. The molecular weight excluding hydrogens is 212 g/mol. The van der Waals surface area contributed by atoms with Gasteiger partial charge < -0.3 is 10.2 Å². The molecule has 1 aromatic rings. The second-order valence-electron chi connectivity index (χ2n) is 4.92. The first-order valence-corrected chi connectivity index (χ1v) is 6.08. The van der Waals surface area contributed by atoms with Gasteiger partial charge in [-0.15, -0.1) is 0 Å². The van der Waals surface area contributed by atoms with Crippen LogP contribution in [0.2, 0.25) is 0 Å². The molecule has 0 bridgehead atoms. The van der Waals surface area contributed by atoms with E-state index in [1.165, 1.54) is 16.7 Å². The smallest absolute Gasteiger partial charge is 0.228 e. The molecule has 17 heavy (non-hydrogen) atoms. The summed E-state index contributed by atoms with van der Waals surface area (Å²) in [5.41, 5.74) is 4.77. The van der Waals surface area contributed by atoms with Crippen molar-refractivity contribution in [3.63, 3.8) is 0 Å². The number of anilines is 1. The number of hydrogen-bond acceptors (Lipinski definition) is 2. The van der Waals surface area contributed by atoms with E-state index in [9.17, 15) is 4.79 Å². The van der Waals surface area contributed by atoms with Gasteiger partial charge in [-0.1, -0.05) is 6.07 Å². The van der Waals surface area contributed by atoms with E-state index in [0.29, 0.717) is 6.42 Å². The van der Waals surface area contributed by atoms with Gasteiger partial charge in [0.05, 0.1) is 0 Å². The molecule has 1 unspecified atom stereocenters. The SMILES string of the molecule is CNC1CC(=O)N(c2cc(C)c(C)cc2C)C1. The highest BCUT2D eigenvalue weighted by atomic mass is 16.2. The molecule has 0 spiro atoms. The van der Waals surface area contributed by atoms with Crippen LogP contribution in [0.1, 0.15) is 23.1 Å². The molecule has 0 radical (unpaired) electrons. The molecule has 1 heterocycles. The van der Waals surface area contributed by atoms with Gasteiger partial charge in [-0.05, 0) is 50.6 Å². The predicted octanol–water partition coefficient (Wildman–Crippen LogP) is 1.94. The molecule has 1 saturated heterocycles. The van der Waals surface area contributed by atoms with Crippen LogP contribution in [0.5, 0.6) is 0 Å². The number of nitrogens with one attached hydrogen (secondary N) is 1.